The molecule has 0 radical (unpaired) electrons. The van der Waals surface area contributed by atoms with E-state index >= 15 is 0 Å². The predicted molar refractivity (Wildman–Crippen MR) is 110 cm³/mol. The molecule has 1 aromatic heterocycles. The van der Waals surface area contributed by atoms with Gasteiger partial charge >= 0.3 is 6.03 Å². The third-order valence-corrected chi connectivity index (χ3v) is 6.20. The van der Waals surface area contributed by atoms with E-state index in [1.165, 1.54) is 0 Å². The fraction of sp³-hybridized carbons (Fsp3) is 0.286. The minimum Gasteiger partial charge on any atom is -0.352 e. The molecule has 6 nitrogen and oxygen atoms in total. The number of nitrogens with two attached hydrogens (primary N) is 1. The molecule has 7 heteroatoms. The summed E-state index contributed by atoms with van der Waals surface area (Å²) >= 11 is 1.65. The van der Waals surface area contributed by atoms with Crippen LogP contribution in [-0.2, 0) is 4.79 Å². The molecule has 3 aromatic rings. The maximum Gasteiger partial charge on any atom is 0.312 e. The van der Waals surface area contributed by atoms with E-state index in [1.807, 2.05) is 53.4 Å². The van der Waals surface area contributed by atoms with E-state index in [0.29, 0.717) is 6.54 Å². The quantitative estimate of drug-likeness (QED) is 0.691. The van der Waals surface area contributed by atoms with E-state index in [9.17, 15) is 9.59 Å². The average molecular weight is 395 g/mol. The number of nitrogens with zero attached hydrogens (tertiary/aromatic N) is 2. The highest BCUT2D eigenvalue weighted by molar-refractivity contribution is 7.18. The second-order valence-electron chi connectivity index (χ2n) is 6.94. The summed E-state index contributed by atoms with van der Waals surface area (Å²) < 4.78 is 1.13. The van der Waals surface area contributed by atoms with E-state index in [0.717, 1.165) is 33.6 Å². The van der Waals surface area contributed by atoms with Crippen molar-refractivity contribution in [3.8, 4) is 0 Å². The summed E-state index contributed by atoms with van der Waals surface area (Å²) in [5.41, 5.74) is 7.18. The van der Waals surface area contributed by atoms with Crippen LogP contribution in [0.5, 0.6) is 0 Å². The van der Waals surface area contributed by atoms with Crippen LogP contribution >= 0.6 is 11.3 Å². The molecule has 0 bridgehead atoms. The topological polar surface area (TPSA) is 88.3 Å². The Morgan fingerprint density at radius 2 is 1.93 bits per heavy atom. The number of urea groups is 1. The monoisotopic (exact) mass is 394 g/mol. The van der Waals surface area contributed by atoms with Crippen LogP contribution in [0.4, 0.5) is 4.79 Å². The van der Waals surface area contributed by atoms with Crippen molar-refractivity contribution in [1.82, 2.24) is 15.2 Å². The molecule has 3 N–H and O–H groups in total. The molecule has 144 valence electrons. The van der Waals surface area contributed by atoms with Gasteiger partial charge in [-0.2, -0.15) is 0 Å². The minimum atomic E-state index is -0.634. The van der Waals surface area contributed by atoms with Crippen LogP contribution in [0.15, 0.2) is 54.6 Å². The molecule has 1 aliphatic heterocycles. The zero-order chi connectivity index (χ0) is 19.5. The Hall–Kier alpha value is -2.93. The van der Waals surface area contributed by atoms with Crippen molar-refractivity contribution in [2.45, 2.75) is 31.3 Å². The van der Waals surface area contributed by atoms with Crippen molar-refractivity contribution < 1.29 is 9.59 Å². The van der Waals surface area contributed by atoms with E-state index in [4.69, 9.17) is 10.7 Å². The number of nitrogens with one attached hydrogen (secondary N) is 1. The Labute approximate surface area is 167 Å². The minimum absolute atomic E-state index is 0.00404. The fourth-order valence-electron chi connectivity index (χ4n) is 3.76. The van der Waals surface area contributed by atoms with Crippen LogP contribution in [0.2, 0.25) is 0 Å². The SMILES string of the molecule is NC(=O)N[C@H](CC(=O)N1CCC[C@H]1c1nc2ccccc2s1)c1ccccc1. The first-order valence-corrected chi connectivity index (χ1v) is 10.2. The van der Waals surface area contributed by atoms with Gasteiger partial charge in [-0.25, -0.2) is 9.78 Å². The number of carbonyl (C=O) groups excluding carboxylic acids is 2. The van der Waals surface area contributed by atoms with Gasteiger partial charge < -0.3 is 16.0 Å². The van der Waals surface area contributed by atoms with Gasteiger partial charge in [-0.05, 0) is 30.5 Å². The van der Waals surface area contributed by atoms with Crippen LogP contribution in [0, 0.1) is 0 Å². The highest BCUT2D eigenvalue weighted by atomic mass is 32.1. The van der Waals surface area contributed by atoms with Crippen molar-refractivity contribution in [1.29, 1.82) is 0 Å². The summed E-state index contributed by atoms with van der Waals surface area (Å²) in [5, 5.41) is 3.68. The summed E-state index contributed by atoms with van der Waals surface area (Å²) in [6.07, 6.45) is 2.03. The van der Waals surface area contributed by atoms with Crippen molar-refractivity contribution >= 4 is 33.5 Å². The summed E-state index contributed by atoms with van der Waals surface area (Å²) in [7, 11) is 0. The van der Waals surface area contributed by atoms with E-state index < -0.39 is 12.1 Å². The molecule has 0 aliphatic carbocycles. The lowest BCUT2D eigenvalue weighted by Crippen LogP contribution is -2.38. The number of hydrogen-bond acceptors (Lipinski definition) is 4. The largest absolute Gasteiger partial charge is 0.352 e. The molecule has 1 fully saturated rings. The van der Waals surface area contributed by atoms with Crippen molar-refractivity contribution in [2.24, 2.45) is 5.73 Å². The van der Waals surface area contributed by atoms with Gasteiger partial charge in [0.1, 0.15) is 5.01 Å². The number of rotatable bonds is 5. The zero-order valence-corrected chi connectivity index (χ0v) is 16.2. The maximum absolute atomic E-state index is 13.1. The van der Waals surface area contributed by atoms with Crippen LogP contribution in [0.3, 0.4) is 0 Å². The highest BCUT2D eigenvalue weighted by Crippen LogP contribution is 2.37. The molecular weight excluding hydrogens is 372 g/mol. The van der Waals surface area contributed by atoms with Crippen molar-refractivity contribution in [2.75, 3.05) is 6.54 Å². The molecule has 2 heterocycles. The van der Waals surface area contributed by atoms with Crippen LogP contribution in [0.25, 0.3) is 10.2 Å². The average Bonchev–Trinajstić information content (AvgIpc) is 3.34. The summed E-state index contributed by atoms with van der Waals surface area (Å²) in [5.74, 6) is 0.00404. The lowest BCUT2D eigenvalue weighted by atomic mass is 10.0. The second-order valence-corrected chi connectivity index (χ2v) is 8.00. The Balaban J connectivity index is 1.54. The van der Waals surface area contributed by atoms with Gasteiger partial charge in [-0.3, -0.25) is 4.79 Å². The van der Waals surface area contributed by atoms with E-state index in [-0.39, 0.29) is 18.4 Å². The molecule has 3 amide bonds. The van der Waals surface area contributed by atoms with E-state index in [2.05, 4.69) is 11.4 Å². The Kier molecular flexibility index (Phi) is 5.25. The maximum atomic E-state index is 13.1. The van der Waals surface area contributed by atoms with Crippen LogP contribution < -0.4 is 11.1 Å². The van der Waals surface area contributed by atoms with Gasteiger partial charge in [0.2, 0.25) is 5.91 Å². The molecule has 4 rings (SSSR count). The Bertz CT molecular complexity index is 955. The number of thiazole rings is 1. The number of carbonyl (C=O) groups is 2. The summed E-state index contributed by atoms with van der Waals surface area (Å²) in [6, 6.07) is 16.4. The van der Waals surface area contributed by atoms with Crippen LogP contribution in [0.1, 0.15) is 41.9 Å². The standard InChI is InChI=1S/C21H22N4O2S/c22-21(27)24-16(14-7-2-1-3-8-14)13-19(26)25-12-6-10-17(25)20-23-15-9-4-5-11-18(15)28-20/h1-5,7-9,11,16-17H,6,10,12-13H2,(H3,22,24,27)/t16-,17+/m1/s1. The number of benzene rings is 2. The number of hydrogen-bond donors (Lipinski definition) is 2. The zero-order valence-electron chi connectivity index (χ0n) is 15.4. The number of amides is 3. The molecule has 28 heavy (non-hydrogen) atoms. The molecule has 2 atom stereocenters. The Morgan fingerprint density at radius 1 is 1.18 bits per heavy atom. The van der Waals surface area contributed by atoms with Gasteiger partial charge in [0.15, 0.2) is 0 Å². The summed E-state index contributed by atoms with van der Waals surface area (Å²) in [4.78, 5) is 31.2. The fourth-order valence-corrected chi connectivity index (χ4v) is 4.87. The third kappa shape index (κ3) is 3.84. The number of fused-ring (bicyclic) bond motifs is 1. The van der Waals surface area contributed by atoms with Gasteiger partial charge in [0.05, 0.1) is 28.7 Å². The first-order valence-electron chi connectivity index (χ1n) is 9.37. The molecule has 1 saturated heterocycles. The summed E-state index contributed by atoms with van der Waals surface area (Å²) in [6.45, 7) is 0.706. The normalized spacial score (nSPS) is 17.6. The first-order chi connectivity index (χ1) is 13.6. The number of likely N-dealkylation sites (tertiary alicyclic amines) is 1. The third-order valence-electron chi connectivity index (χ3n) is 5.07. The second kappa shape index (κ2) is 7.98. The Morgan fingerprint density at radius 3 is 2.68 bits per heavy atom. The van der Waals surface area contributed by atoms with Gasteiger partial charge in [-0.15, -0.1) is 11.3 Å². The lowest BCUT2D eigenvalue weighted by molar-refractivity contribution is -0.132. The van der Waals surface area contributed by atoms with Gasteiger partial charge in [0.25, 0.3) is 0 Å². The van der Waals surface area contributed by atoms with Crippen molar-refractivity contribution in [3.63, 3.8) is 0 Å². The molecule has 0 saturated carbocycles. The smallest absolute Gasteiger partial charge is 0.312 e. The van der Waals surface area contributed by atoms with Gasteiger partial charge in [-0.1, -0.05) is 42.5 Å². The lowest BCUT2D eigenvalue weighted by Gasteiger charge is -2.26. The highest BCUT2D eigenvalue weighted by Gasteiger charge is 2.33. The van der Waals surface area contributed by atoms with Crippen LogP contribution in [-0.4, -0.2) is 28.4 Å². The van der Waals surface area contributed by atoms with E-state index in [1.54, 1.807) is 11.3 Å². The van der Waals surface area contributed by atoms with Gasteiger partial charge in [0, 0.05) is 6.54 Å². The molecule has 2 aromatic carbocycles. The number of primary amides is 1. The first kappa shape index (κ1) is 18.4. The predicted octanol–water partition coefficient (Wildman–Crippen LogP) is 3.76. The molecule has 0 spiro atoms. The number of para-hydroxylation sites is 1. The molecular formula is C21H22N4O2S. The van der Waals surface area contributed by atoms with Crippen molar-refractivity contribution in [3.05, 3.63) is 65.2 Å². The number of aromatic nitrogens is 1. The molecule has 1 aliphatic rings. The molecule has 0 unspecified atom stereocenters.